The molecule has 3 aromatic heterocycles. The van der Waals surface area contributed by atoms with E-state index >= 15 is 0 Å². The van der Waals surface area contributed by atoms with Crippen LogP contribution >= 0.6 is 11.3 Å². The molecule has 6 rings (SSSR count). The monoisotopic (exact) mass is 472 g/mol. The molecular weight excluding hydrogens is 451 g/mol. The lowest BCUT2D eigenvalue weighted by molar-refractivity contribution is -0.125. The third-order valence-electron chi connectivity index (χ3n) is 6.43. The Labute approximate surface area is 199 Å². The second-order valence-electron chi connectivity index (χ2n) is 8.71. The van der Waals surface area contributed by atoms with Crippen LogP contribution in [0.4, 0.5) is 10.2 Å². The highest BCUT2D eigenvalue weighted by Crippen LogP contribution is 2.43. The maximum absolute atomic E-state index is 14.8. The van der Waals surface area contributed by atoms with Gasteiger partial charge in [0, 0.05) is 25.2 Å². The molecule has 2 fully saturated rings. The van der Waals surface area contributed by atoms with Gasteiger partial charge in [0.05, 0.1) is 37.8 Å². The van der Waals surface area contributed by atoms with Gasteiger partial charge in [-0.05, 0) is 37.5 Å². The molecule has 0 spiro atoms. The number of likely N-dealkylation sites (tertiary alicyclic amines) is 1. The van der Waals surface area contributed by atoms with Gasteiger partial charge in [0.25, 0.3) is 0 Å². The maximum Gasteiger partial charge on any atom is 0.246 e. The van der Waals surface area contributed by atoms with Crippen LogP contribution in [0.3, 0.4) is 0 Å². The number of carbonyl (C=O) groups excluding carboxylic acids is 1. The minimum absolute atomic E-state index is 0.0280. The first-order chi connectivity index (χ1) is 16.5. The molecule has 9 heteroatoms. The van der Waals surface area contributed by atoms with E-state index in [1.165, 1.54) is 18.5 Å². The number of benzene rings is 1. The predicted molar refractivity (Wildman–Crippen MR) is 130 cm³/mol. The smallest absolute Gasteiger partial charge is 0.246 e. The summed E-state index contributed by atoms with van der Waals surface area (Å²) >= 11 is 1.56. The standard InChI is InChI=1S/C25H21FN6OS/c1-2-21(33)31-8-7-17(12-31)32-11-16(22-23(27)28-13-29-24(22)32)6-5-15-9-19-20(10-18(15)26)34-25(30-19)14-3-4-14/h2,9-11,13-14,17H,1,3-4,7-8,12H2,(H2,27,28,29)/t17-/m0/s1. The van der Waals surface area contributed by atoms with Crippen molar-refractivity contribution in [1.82, 2.24) is 24.4 Å². The molecule has 1 saturated heterocycles. The number of hydrogen-bond donors (Lipinski definition) is 1. The molecule has 2 aliphatic rings. The predicted octanol–water partition coefficient (Wildman–Crippen LogP) is 4.00. The minimum Gasteiger partial charge on any atom is -0.383 e. The van der Waals surface area contributed by atoms with Crippen LogP contribution in [0.5, 0.6) is 0 Å². The number of hydrogen-bond acceptors (Lipinski definition) is 6. The zero-order valence-corrected chi connectivity index (χ0v) is 19.1. The number of thiazole rings is 1. The summed E-state index contributed by atoms with van der Waals surface area (Å²) in [7, 11) is 0. The van der Waals surface area contributed by atoms with Gasteiger partial charge in [0.15, 0.2) is 0 Å². The Morgan fingerprint density at radius 1 is 1.24 bits per heavy atom. The third-order valence-corrected chi connectivity index (χ3v) is 7.61. The lowest BCUT2D eigenvalue weighted by Crippen LogP contribution is -2.27. The molecule has 0 radical (unpaired) electrons. The zero-order valence-electron chi connectivity index (χ0n) is 18.3. The Morgan fingerprint density at radius 2 is 2.06 bits per heavy atom. The SMILES string of the molecule is C=CC(=O)N1CC[C@H](n2cc(C#Cc3cc4nc(C5CC5)sc4cc3F)c3c(N)ncnc32)C1. The molecule has 0 unspecified atom stereocenters. The lowest BCUT2D eigenvalue weighted by Gasteiger charge is -2.15. The minimum atomic E-state index is -0.367. The quantitative estimate of drug-likeness (QED) is 0.360. The summed E-state index contributed by atoms with van der Waals surface area (Å²) in [5.41, 5.74) is 8.53. The summed E-state index contributed by atoms with van der Waals surface area (Å²) in [5.74, 6) is 6.44. The summed E-state index contributed by atoms with van der Waals surface area (Å²) in [6.07, 6.45) is 7.71. The van der Waals surface area contributed by atoms with Crippen molar-refractivity contribution in [3.05, 3.63) is 59.3 Å². The number of halogens is 1. The van der Waals surface area contributed by atoms with Crippen LogP contribution in [0.25, 0.3) is 21.3 Å². The first kappa shape index (κ1) is 20.8. The second kappa shape index (κ2) is 7.92. The van der Waals surface area contributed by atoms with Crippen LogP contribution < -0.4 is 5.73 Å². The normalized spacial score (nSPS) is 17.8. The van der Waals surface area contributed by atoms with Crippen LogP contribution in [0.15, 0.2) is 37.3 Å². The fraction of sp³-hybridized carbons (Fsp3) is 0.280. The van der Waals surface area contributed by atoms with Crippen molar-refractivity contribution in [2.45, 2.75) is 31.2 Å². The molecule has 1 aliphatic heterocycles. The zero-order chi connectivity index (χ0) is 23.4. The Morgan fingerprint density at radius 3 is 2.85 bits per heavy atom. The average Bonchev–Trinajstić information content (AvgIpc) is 3.25. The van der Waals surface area contributed by atoms with Crippen molar-refractivity contribution >= 4 is 44.3 Å². The number of nitrogens with two attached hydrogens (primary N) is 1. The van der Waals surface area contributed by atoms with Crippen molar-refractivity contribution in [1.29, 1.82) is 0 Å². The molecule has 7 nitrogen and oxygen atoms in total. The molecule has 34 heavy (non-hydrogen) atoms. The number of nitrogens with zero attached hydrogens (tertiary/aromatic N) is 5. The van der Waals surface area contributed by atoms with E-state index < -0.39 is 0 Å². The van der Waals surface area contributed by atoms with E-state index in [0.717, 1.165) is 34.5 Å². The number of fused-ring (bicyclic) bond motifs is 2. The number of nitrogen functional groups attached to an aromatic ring is 1. The number of aromatic nitrogens is 4. The number of amides is 1. The van der Waals surface area contributed by atoms with E-state index in [0.29, 0.717) is 47.0 Å². The Kier molecular flexibility index (Phi) is 4.85. The summed E-state index contributed by atoms with van der Waals surface area (Å²) < 4.78 is 17.7. The Bertz CT molecular complexity index is 1540. The lowest BCUT2D eigenvalue weighted by atomic mass is 10.1. The Balaban J connectivity index is 1.39. The number of anilines is 1. The van der Waals surface area contributed by atoms with Crippen molar-refractivity contribution in [2.24, 2.45) is 0 Å². The summed E-state index contributed by atoms with van der Waals surface area (Å²) in [6, 6.07) is 3.27. The molecule has 2 N–H and O–H groups in total. The van der Waals surface area contributed by atoms with Crippen LogP contribution in [-0.4, -0.2) is 43.4 Å². The van der Waals surface area contributed by atoms with Crippen LogP contribution in [-0.2, 0) is 4.79 Å². The molecule has 0 bridgehead atoms. The maximum atomic E-state index is 14.8. The molecule has 4 heterocycles. The van der Waals surface area contributed by atoms with E-state index in [2.05, 4.69) is 33.4 Å². The first-order valence-corrected chi connectivity index (χ1v) is 12.0. The summed E-state index contributed by atoms with van der Waals surface area (Å²) in [5, 5.41) is 1.71. The molecule has 1 aliphatic carbocycles. The average molecular weight is 473 g/mol. The van der Waals surface area contributed by atoms with E-state index in [1.807, 2.05) is 10.8 Å². The van der Waals surface area contributed by atoms with Crippen LogP contribution in [0.1, 0.15) is 47.4 Å². The second-order valence-corrected chi connectivity index (χ2v) is 9.78. The van der Waals surface area contributed by atoms with Gasteiger partial charge in [-0.2, -0.15) is 0 Å². The fourth-order valence-corrected chi connectivity index (χ4v) is 5.63. The van der Waals surface area contributed by atoms with Gasteiger partial charge >= 0.3 is 0 Å². The van der Waals surface area contributed by atoms with Crippen LogP contribution in [0, 0.1) is 17.7 Å². The molecule has 4 aromatic rings. The van der Waals surface area contributed by atoms with Gasteiger partial charge < -0.3 is 15.2 Å². The van der Waals surface area contributed by atoms with Gasteiger partial charge in [-0.15, -0.1) is 11.3 Å². The first-order valence-electron chi connectivity index (χ1n) is 11.2. The molecule has 170 valence electrons. The van der Waals surface area contributed by atoms with E-state index in [9.17, 15) is 9.18 Å². The van der Waals surface area contributed by atoms with Gasteiger partial charge in [0.1, 0.15) is 23.6 Å². The Hall–Kier alpha value is -3.77. The third kappa shape index (κ3) is 3.51. The topological polar surface area (TPSA) is 89.9 Å². The molecule has 1 amide bonds. The van der Waals surface area contributed by atoms with Gasteiger partial charge in [-0.3, -0.25) is 4.79 Å². The number of carbonyl (C=O) groups is 1. The van der Waals surface area contributed by atoms with Crippen molar-refractivity contribution in [3.8, 4) is 11.8 Å². The highest BCUT2D eigenvalue weighted by atomic mass is 32.1. The van der Waals surface area contributed by atoms with Gasteiger partial charge in [0.2, 0.25) is 5.91 Å². The highest BCUT2D eigenvalue weighted by molar-refractivity contribution is 7.18. The van der Waals surface area contributed by atoms with Crippen molar-refractivity contribution < 1.29 is 9.18 Å². The molecular formula is C25H21FN6OS. The van der Waals surface area contributed by atoms with Crippen LogP contribution in [0.2, 0.25) is 0 Å². The summed E-state index contributed by atoms with van der Waals surface area (Å²) in [6.45, 7) is 4.76. The van der Waals surface area contributed by atoms with E-state index in [4.69, 9.17) is 5.73 Å². The van der Waals surface area contributed by atoms with E-state index in [1.54, 1.807) is 22.3 Å². The van der Waals surface area contributed by atoms with E-state index in [-0.39, 0.29) is 17.8 Å². The van der Waals surface area contributed by atoms with Crippen molar-refractivity contribution in [3.63, 3.8) is 0 Å². The van der Waals surface area contributed by atoms with Crippen molar-refractivity contribution in [2.75, 3.05) is 18.8 Å². The molecule has 1 atom stereocenters. The molecule has 1 saturated carbocycles. The highest BCUT2D eigenvalue weighted by Gasteiger charge is 2.29. The largest absolute Gasteiger partial charge is 0.383 e. The van der Waals surface area contributed by atoms with Gasteiger partial charge in [-0.1, -0.05) is 18.4 Å². The molecule has 1 aromatic carbocycles. The van der Waals surface area contributed by atoms with Gasteiger partial charge in [-0.25, -0.2) is 19.3 Å². The summed E-state index contributed by atoms with van der Waals surface area (Å²) in [4.78, 5) is 27.0. The number of rotatable bonds is 3. The fourth-order valence-electron chi connectivity index (χ4n) is 4.48.